The average molecular weight is 788 g/mol. The van der Waals surface area contributed by atoms with Crippen molar-refractivity contribution in [3.63, 3.8) is 0 Å². The van der Waals surface area contributed by atoms with Gasteiger partial charge in [-0.15, -0.1) is 11.3 Å². The number of nitrogens with zero attached hydrogens (tertiary/aromatic N) is 3. The second-order valence-electron chi connectivity index (χ2n) is 16.0. The fourth-order valence-corrected chi connectivity index (χ4v) is 10.4. The monoisotopic (exact) mass is 787 g/mol. The largest absolute Gasteiger partial charge is 0.311 e. The Kier molecular flexibility index (Phi) is 8.68. The number of thiophene rings is 1. The van der Waals surface area contributed by atoms with E-state index in [1.807, 2.05) is 17.5 Å². The predicted octanol–water partition coefficient (Wildman–Crippen LogP) is 16.0. The molecule has 1 aliphatic carbocycles. The summed E-state index contributed by atoms with van der Waals surface area (Å²) < 4.78 is 2.64. The molecular formula is C56H41N3S. The van der Waals surface area contributed by atoms with Crippen LogP contribution in [0.2, 0.25) is 0 Å². The zero-order chi connectivity index (χ0) is 40.2. The molecule has 3 nitrogen and oxygen atoms in total. The molecular weight excluding hydrogens is 747 g/mol. The first-order valence-electron chi connectivity index (χ1n) is 20.5. The van der Waals surface area contributed by atoms with Crippen LogP contribution >= 0.6 is 11.3 Å². The molecule has 286 valence electrons. The Morgan fingerprint density at radius 1 is 0.400 bits per heavy atom. The lowest BCUT2D eigenvalue weighted by Gasteiger charge is -2.28. The minimum Gasteiger partial charge on any atom is -0.311 e. The van der Waals surface area contributed by atoms with E-state index in [4.69, 9.17) is 4.98 Å². The molecule has 0 fully saturated rings. The van der Waals surface area contributed by atoms with Gasteiger partial charge in [0, 0.05) is 59.6 Å². The third kappa shape index (κ3) is 6.07. The van der Waals surface area contributed by atoms with Gasteiger partial charge >= 0.3 is 0 Å². The van der Waals surface area contributed by atoms with Gasteiger partial charge in [0.25, 0.3) is 0 Å². The third-order valence-electron chi connectivity index (χ3n) is 12.1. The average Bonchev–Trinajstić information content (AvgIpc) is 3.80. The van der Waals surface area contributed by atoms with Gasteiger partial charge < -0.3 is 9.80 Å². The van der Waals surface area contributed by atoms with Crippen LogP contribution in [0.3, 0.4) is 0 Å². The highest BCUT2D eigenvalue weighted by atomic mass is 32.1. The molecule has 2 heterocycles. The van der Waals surface area contributed by atoms with E-state index in [0.29, 0.717) is 0 Å². The second-order valence-corrected chi connectivity index (χ2v) is 17.1. The summed E-state index contributed by atoms with van der Waals surface area (Å²) in [6.45, 7) is 4.69. The Hall–Kier alpha value is -7.27. The van der Waals surface area contributed by atoms with Crippen molar-refractivity contribution in [3.05, 3.63) is 224 Å². The number of benzene rings is 8. The summed E-state index contributed by atoms with van der Waals surface area (Å²) in [6, 6.07) is 74.3. The molecule has 0 unspecified atom stereocenters. The van der Waals surface area contributed by atoms with E-state index >= 15 is 0 Å². The van der Waals surface area contributed by atoms with Gasteiger partial charge in [0.05, 0.1) is 17.6 Å². The summed E-state index contributed by atoms with van der Waals surface area (Å²) in [6.07, 6.45) is 2.02. The molecule has 0 saturated carbocycles. The Morgan fingerprint density at radius 3 is 1.63 bits per heavy atom. The maximum atomic E-state index is 5.11. The molecule has 0 N–H and O–H groups in total. The van der Waals surface area contributed by atoms with Crippen LogP contribution in [0.5, 0.6) is 0 Å². The van der Waals surface area contributed by atoms with Crippen LogP contribution in [0.4, 0.5) is 34.1 Å². The molecule has 8 aromatic carbocycles. The lowest BCUT2D eigenvalue weighted by molar-refractivity contribution is 0.660. The Bertz CT molecular complexity index is 3110. The Labute approximate surface area is 355 Å². The van der Waals surface area contributed by atoms with Gasteiger partial charge in [-0.3, -0.25) is 4.98 Å². The third-order valence-corrected chi connectivity index (χ3v) is 13.3. The first kappa shape index (κ1) is 35.9. The van der Waals surface area contributed by atoms with Crippen LogP contribution in [-0.2, 0) is 5.41 Å². The summed E-state index contributed by atoms with van der Waals surface area (Å²) in [5.41, 5.74) is 16.2. The van der Waals surface area contributed by atoms with Gasteiger partial charge in [-0.05, 0) is 112 Å². The quantitative estimate of drug-likeness (QED) is 0.153. The number of hydrogen-bond donors (Lipinski definition) is 0. The lowest BCUT2D eigenvalue weighted by Crippen LogP contribution is -2.16. The van der Waals surface area contributed by atoms with Crippen molar-refractivity contribution in [1.82, 2.24) is 4.98 Å². The number of fused-ring (bicyclic) bond motifs is 6. The van der Waals surface area contributed by atoms with Crippen LogP contribution in [0.25, 0.3) is 53.7 Å². The molecule has 11 rings (SSSR count). The SMILES string of the molecule is CC1(C)c2ccccc2-c2ccc(N(c3ccc(-c4cccc5c4sc4ccccc45)cc3)c3ccc(-c4ccc(N(c5ccccc5)c5ccccc5)cc4)nc3)cc21. The second kappa shape index (κ2) is 14.5. The number of hydrogen-bond acceptors (Lipinski definition) is 4. The van der Waals surface area contributed by atoms with E-state index in [-0.39, 0.29) is 5.41 Å². The summed E-state index contributed by atoms with van der Waals surface area (Å²) in [5, 5.41) is 2.63. The number of aromatic nitrogens is 1. The summed E-state index contributed by atoms with van der Waals surface area (Å²) >= 11 is 1.87. The van der Waals surface area contributed by atoms with Gasteiger partial charge in [0.15, 0.2) is 0 Å². The normalized spacial score (nSPS) is 12.6. The lowest BCUT2D eigenvalue weighted by atomic mass is 9.82. The zero-order valence-electron chi connectivity index (χ0n) is 33.5. The van der Waals surface area contributed by atoms with Crippen molar-refractivity contribution in [2.24, 2.45) is 0 Å². The standard InChI is InChI=1S/C56H41N3S/c1-56(2)51-22-11-9-18-47(51)48-34-32-44(36-52(48)56)59(43-28-24-38(25-29-43)46-20-13-21-50-49-19-10-12-23-54(49)60-55(46)50)45-33-35-53(57-37-45)39-26-30-42(31-27-39)58(40-14-5-3-6-15-40)41-16-7-4-8-17-41/h3-37H,1-2H3. The van der Waals surface area contributed by atoms with Crippen LogP contribution in [-0.4, -0.2) is 4.98 Å². The Morgan fingerprint density at radius 2 is 0.933 bits per heavy atom. The van der Waals surface area contributed by atoms with E-state index in [0.717, 1.165) is 45.4 Å². The van der Waals surface area contributed by atoms with E-state index in [1.165, 1.54) is 53.6 Å². The first-order valence-corrected chi connectivity index (χ1v) is 21.3. The van der Waals surface area contributed by atoms with Crippen molar-refractivity contribution in [2.75, 3.05) is 9.80 Å². The minimum atomic E-state index is -0.120. The van der Waals surface area contributed by atoms with E-state index in [2.05, 4.69) is 230 Å². The molecule has 1 aliphatic rings. The van der Waals surface area contributed by atoms with E-state index in [1.54, 1.807) is 0 Å². The van der Waals surface area contributed by atoms with Gasteiger partial charge in [0.1, 0.15) is 0 Å². The molecule has 0 bridgehead atoms. The Balaban J connectivity index is 0.968. The number of anilines is 6. The van der Waals surface area contributed by atoms with Gasteiger partial charge in [-0.2, -0.15) is 0 Å². The summed E-state index contributed by atoms with van der Waals surface area (Å²) in [4.78, 5) is 9.74. The molecule has 0 amide bonds. The maximum absolute atomic E-state index is 5.11. The van der Waals surface area contributed by atoms with Crippen LogP contribution in [0.1, 0.15) is 25.0 Å². The summed E-state index contributed by atoms with van der Waals surface area (Å²) in [5.74, 6) is 0. The number of para-hydroxylation sites is 2. The molecule has 10 aromatic rings. The predicted molar refractivity (Wildman–Crippen MR) is 255 cm³/mol. The molecule has 0 radical (unpaired) electrons. The van der Waals surface area contributed by atoms with Crippen molar-refractivity contribution in [2.45, 2.75) is 19.3 Å². The molecule has 60 heavy (non-hydrogen) atoms. The highest BCUT2D eigenvalue weighted by molar-refractivity contribution is 7.26. The highest BCUT2D eigenvalue weighted by Gasteiger charge is 2.35. The van der Waals surface area contributed by atoms with Crippen molar-refractivity contribution in [1.29, 1.82) is 0 Å². The summed E-state index contributed by atoms with van der Waals surface area (Å²) in [7, 11) is 0. The van der Waals surface area contributed by atoms with Gasteiger partial charge in [-0.1, -0.05) is 141 Å². The van der Waals surface area contributed by atoms with Crippen LogP contribution in [0, 0.1) is 0 Å². The van der Waals surface area contributed by atoms with Gasteiger partial charge in [-0.25, -0.2) is 0 Å². The number of rotatable bonds is 8. The van der Waals surface area contributed by atoms with Crippen LogP contribution < -0.4 is 9.80 Å². The topological polar surface area (TPSA) is 19.4 Å². The highest BCUT2D eigenvalue weighted by Crippen LogP contribution is 2.51. The van der Waals surface area contributed by atoms with E-state index < -0.39 is 0 Å². The van der Waals surface area contributed by atoms with Crippen molar-refractivity contribution >= 4 is 65.6 Å². The van der Waals surface area contributed by atoms with Crippen molar-refractivity contribution < 1.29 is 0 Å². The smallest absolute Gasteiger partial charge is 0.0703 e. The fourth-order valence-electron chi connectivity index (χ4n) is 9.11. The van der Waals surface area contributed by atoms with Crippen LogP contribution in [0.15, 0.2) is 212 Å². The maximum Gasteiger partial charge on any atom is 0.0703 e. The van der Waals surface area contributed by atoms with Crippen molar-refractivity contribution in [3.8, 4) is 33.5 Å². The van der Waals surface area contributed by atoms with Gasteiger partial charge in [0.2, 0.25) is 0 Å². The molecule has 2 aromatic heterocycles. The van der Waals surface area contributed by atoms with E-state index in [9.17, 15) is 0 Å². The molecule has 0 atom stereocenters. The fraction of sp³-hybridized carbons (Fsp3) is 0.0536. The minimum absolute atomic E-state index is 0.120. The molecule has 4 heteroatoms. The molecule has 0 spiro atoms. The first-order chi connectivity index (χ1) is 29.5. The molecule has 0 aliphatic heterocycles. The zero-order valence-corrected chi connectivity index (χ0v) is 34.3. The molecule has 0 saturated heterocycles. The number of pyridine rings is 1.